The molecule has 0 saturated heterocycles. The van der Waals surface area contributed by atoms with Crippen molar-refractivity contribution in [3.63, 3.8) is 0 Å². The molecule has 0 unspecified atom stereocenters. The van der Waals surface area contributed by atoms with Gasteiger partial charge in [-0.25, -0.2) is 13.1 Å². The van der Waals surface area contributed by atoms with Crippen LogP contribution in [0.25, 0.3) is 0 Å². The molecule has 0 aliphatic rings. The lowest BCUT2D eigenvalue weighted by Gasteiger charge is -2.17. The third-order valence-electron chi connectivity index (χ3n) is 3.76. The Morgan fingerprint density at radius 2 is 1.84 bits per heavy atom. The summed E-state index contributed by atoms with van der Waals surface area (Å²) in [5, 5.41) is 0. The van der Waals surface area contributed by atoms with Crippen LogP contribution in [-0.4, -0.2) is 35.0 Å². The van der Waals surface area contributed by atoms with Gasteiger partial charge in [0.25, 0.3) is 0 Å². The molecule has 134 valence electrons. The van der Waals surface area contributed by atoms with Crippen molar-refractivity contribution in [1.29, 1.82) is 0 Å². The smallest absolute Gasteiger partial charge is 0.240 e. The molecule has 0 aromatic heterocycles. The molecule has 1 N–H and O–H groups in total. The molecule has 6 nitrogen and oxygen atoms in total. The molecule has 7 heteroatoms. The Hall–Kier alpha value is -2.22. The molecule has 0 spiro atoms. The highest BCUT2D eigenvalue weighted by atomic mass is 32.2. The fourth-order valence-electron chi connectivity index (χ4n) is 2.33. The number of hydrogen-bond acceptors (Lipinski definition) is 5. The average Bonchev–Trinajstić information content (AvgIpc) is 2.62. The van der Waals surface area contributed by atoms with E-state index in [0.717, 1.165) is 5.56 Å². The monoisotopic (exact) mass is 363 g/mol. The van der Waals surface area contributed by atoms with Crippen LogP contribution in [0, 0.1) is 0 Å². The van der Waals surface area contributed by atoms with Gasteiger partial charge in [-0.1, -0.05) is 24.3 Å². The van der Waals surface area contributed by atoms with Crippen molar-refractivity contribution < 1.29 is 22.7 Å². The lowest BCUT2D eigenvalue weighted by Crippen LogP contribution is -2.29. The van der Waals surface area contributed by atoms with Gasteiger partial charge in [-0.2, -0.15) is 0 Å². The first-order valence-electron chi connectivity index (χ1n) is 7.65. The minimum Gasteiger partial charge on any atom is -0.497 e. The van der Waals surface area contributed by atoms with E-state index < -0.39 is 16.1 Å². The molecular formula is C18H21NO5S. The largest absolute Gasteiger partial charge is 0.497 e. The van der Waals surface area contributed by atoms with Crippen molar-refractivity contribution in [3.05, 3.63) is 59.7 Å². The van der Waals surface area contributed by atoms with Gasteiger partial charge in [0.15, 0.2) is 5.78 Å². The summed E-state index contributed by atoms with van der Waals surface area (Å²) in [5.74, 6) is 0.472. The molecule has 2 aromatic carbocycles. The van der Waals surface area contributed by atoms with Crippen molar-refractivity contribution in [2.24, 2.45) is 0 Å². The molecule has 0 bridgehead atoms. The Morgan fingerprint density at radius 3 is 2.48 bits per heavy atom. The van der Waals surface area contributed by atoms with Crippen LogP contribution in [-0.2, 0) is 14.8 Å². The fourth-order valence-corrected chi connectivity index (χ4v) is 3.41. The zero-order valence-corrected chi connectivity index (χ0v) is 15.2. The molecule has 2 aromatic rings. The molecule has 0 amide bonds. The zero-order chi connectivity index (χ0) is 18.4. The molecular weight excluding hydrogens is 342 g/mol. The van der Waals surface area contributed by atoms with E-state index in [4.69, 9.17) is 9.47 Å². The van der Waals surface area contributed by atoms with E-state index in [2.05, 4.69) is 4.72 Å². The van der Waals surface area contributed by atoms with Gasteiger partial charge in [-0.05, 0) is 36.8 Å². The highest BCUT2D eigenvalue weighted by Gasteiger charge is 2.19. The summed E-state index contributed by atoms with van der Waals surface area (Å²) in [6, 6.07) is 13.2. The van der Waals surface area contributed by atoms with Gasteiger partial charge in [0.2, 0.25) is 10.0 Å². The van der Waals surface area contributed by atoms with Crippen LogP contribution >= 0.6 is 0 Å². The second-order valence-electron chi connectivity index (χ2n) is 5.44. The van der Waals surface area contributed by atoms with Crippen LogP contribution in [0.15, 0.2) is 53.4 Å². The normalized spacial score (nSPS) is 12.6. The summed E-state index contributed by atoms with van der Waals surface area (Å²) < 4.78 is 38.0. The van der Waals surface area contributed by atoms with Crippen molar-refractivity contribution in [1.82, 2.24) is 4.72 Å². The summed E-state index contributed by atoms with van der Waals surface area (Å²) >= 11 is 0. The maximum Gasteiger partial charge on any atom is 0.240 e. The van der Waals surface area contributed by atoms with Gasteiger partial charge in [0.05, 0.1) is 18.1 Å². The summed E-state index contributed by atoms with van der Waals surface area (Å²) in [6.07, 6.45) is -0.471. The summed E-state index contributed by atoms with van der Waals surface area (Å²) in [6.45, 7) is 1.44. The SMILES string of the molecule is COc1cccc([C@H](CNS(=O)(=O)c2cccc(C(C)=O)c2)OC)c1. The zero-order valence-electron chi connectivity index (χ0n) is 14.4. The maximum absolute atomic E-state index is 12.5. The third-order valence-corrected chi connectivity index (χ3v) is 5.18. The van der Waals surface area contributed by atoms with E-state index in [1.54, 1.807) is 31.4 Å². The summed E-state index contributed by atoms with van der Waals surface area (Å²) in [4.78, 5) is 11.5. The number of methoxy groups -OCH3 is 2. The Bertz CT molecular complexity index is 848. The van der Waals surface area contributed by atoms with Crippen LogP contribution in [0.4, 0.5) is 0 Å². The lowest BCUT2D eigenvalue weighted by molar-refractivity contribution is 0.101. The van der Waals surface area contributed by atoms with Gasteiger partial charge in [-0.15, -0.1) is 0 Å². The summed E-state index contributed by atoms with van der Waals surface area (Å²) in [7, 11) is -0.689. The van der Waals surface area contributed by atoms with Gasteiger partial charge in [0, 0.05) is 19.2 Å². The number of ether oxygens (including phenoxy) is 2. The molecule has 0 heterocycles. The molecule has 1 atom stereocenters. The minimum absolute atomic E-state index is 0.0423. The van der Waals surface area contributed by atoms with Gasteiger partial charge >= 0.3 is 0 Å². The quantitative estimate of drug-likeness (QED) is 0.729. The standard InChI is InChI=1S/C18H21NO5S/c1-13(20)14-6-5-9-17(11-14)25(21,22)19-12-18(24-3)15-7-4-8-16(10-15)23-2/h4-11,18-19H,12H2,1-3H3/t18-/m0/s1. The number of rotatable bonds is 8. The Kier molecular flexibility index (Phi) is 6.30. The minimum atomic E-state index is -3.76. The first-order valence-corrected chi connectivity index (χ1v) is 9.13. The molecule has 0 radical (unpaired) electrons. The van der Waals surface area contributed by atoms with Gasteiger partial charge in [-0.3, -0.25) is 4.79 Å². The van der Waals surface area contributed by atoms with Crippen LogP contribution in [0.3, 0.4) is 0 Å². The fraction of sp³-hybridized carbons (Fsp3) is 0.278. The Labute approximate surface area is 147 Å². The van der Waals surface area contributed by atoms with Crippen molar-refractivity contribution in [3.8, 4) is 5.75 Å². The summed E-state index contributed by atoms with van der Waals surface area (Å²) in [5.41, 5.74) is 1.14. The first-order chi connectivity index (χ1) is 11.9. The van der Waals surface area contributed by atoms with Gasteiger partial charge in [0.1, 0.15) is 5.75 Å². The molecule has 2 rings (SSSR count). The third kappa shape index (κ3) is 4.88. The second-order valence-corrected chi connectivity index (χ2v) is 7.20. The van der Waals surface area contributed by atoms with Crippen molar-refractivity contribution in [2.45, 2.75) is 17.9 Å². The number of carbonyl (C=O) groups is 1. The Balaban J connectivity index is 2.17. The predicted octanol–water partition coefficient (Wildman–Crippen LogP) is 2.56. The number of nitrogens with one attached hydrogen (secondary N) is 1. The molecule has 0 aliphatic carbocycles. The lowest BCUT2D eigenvalue weighted by atomic mass is 10.1. The molecule has 25 heavy (non-hydrogen) atoms. The van der Waals surface area contributed by atoms with E-state index in [1.165, 1.54) is 26.2 Å². The molecule has 0 aliphatic heterocycles. The number of ketones is 1. The van der Waals surface area contributed by atoms with Crippen LogP contribution in [0.2, 0.25) is 0 Å². The highest BCUT2D eigenvalue weighted by molar-refractivity contribution is 7.89. The van der Waals surface area contributed by atoms with E-state index in [0.29, 0.717) is 11.3 Å². The number of benzene rings is 2. The molecule has 0 saturated carbocycles. The predicted molar refractivity (Wildman–Crippen MR) is 94.4 cm³/mol. The van der Waals surface area contributed by atoms with Crippen LogP contribution < -0.4 is 9.46 Å². The topological polar surface area (TPSA) is 81.7 Å². The van der Waals surface area contributed by atoms with E-state index in [9.17, 15) is 13.2 Å². The van der Waals surface area contributed by atoms with Gasteiger partial charge < -0.3 is 9.47 Å². The number of carbonyl (C=O) groups excluding carboxylic acids is 1. The second kappa shape index (κ2) is 8.24. The Morgan fingerprint density at radius 1 is 1.12 bits per heavy atom. The molecule has 0 fully saturated rings. The van der Waals surface area contributed by atoms with E-state index in [-0.39, 0.29) is 17.2 Å². The van der Waals surface area contributed by atoms with Crippen LogP contribution in [0.1, 0.15) is 28.9 Å². The van der Waals surface area contributed by atoms with Crippen molar-refractivity contribution >= 4 is 15.8 Å². The maximum atomic E-state index is 12.5. The number of hydrogen-bond donors (Lipinski definition) is 1. The van der Waals surface area contributed by atoms with Crippen molar-refractivity contribution in [2.75, 3.05) is 20.8 Å². The number of Topliss-reactive ketones (excluding diaryl/α,β-unsaturated/α-hetero) is 1. The number of sulfonamides is 1. The van der Waals surface area contributed by atoms with Crippen LogP contribution in [0.5, 0.6) is 5.75 Å². The highest BCUT2D eigenvalue weighted by Crippen LogP contribution is 2.22. The van der Waals surface area contributed by atoms with E-state index >= 15 is 0 Å². The van der Waals surface area contributed by atoms with E-state index in [1.807, 2.05) is 12.1 Å². The first kappa shape index (κ1) is 19.1. The average molecular weight is 363 g/mol.